The molecule has 98 valence electrons. The van der Waals surface area contributed by atoms with Crippen molar-refractivity contribution in [3.05, 3.63) is 52.3 Å². The summed E-state index contributed by atoms with van der Waals surface area (Å²) >= 11 is 6.05. The highest BCUT2D eigenvalue weighted by molar-refractivity contribution is 6.30. The number of ether oxygens (including phenoxy) is 1. The highest BCUT2D eigenvalue weighted by Gasteiger charge is 2.24. The van der Waals surface area contributed by atoms with Gasteiger partial charge in [0.25, 0.3) is 0 Å². The van der Waals surface area contributed by atoms with E-state index in [1.54, 1.807) is 6.07 Å². The van der Waals surface area contributed by atoms with Gasteiger partial charge < -0.3 is 4.74 Å². The molecule has 0 amide bonds. The van der Waals surface area contributed by atoms with Crippen LogP contribution in [-0.4, -0.2) is 6.10 Å². The van der Waals surface area contributed by atoms with Gasteiger partial charge in [-0.2, -0.15) is 0 Å². The lowest BCUT2D eigenvalue weighted by Gasteiger charge is -2.12. The summed E-state index contributed by atoms with van der Waals surface area (Å²) in [6.07, 6.45) is 0.842. The van der Waals surface area contributed by atoms with Crippen LogP contribution in [0.3, 0.4) is 0 Å². The highest BCUT2D eigenvalue weighted by Crippen LogP contribution is 2.41. The van der Waals surface area contributed by atoms with Gasteiger partial charge in [0.15, 0.2) is 0 Å². The molecule has 0 fully saturated rings. The van der Waals surface area contributed by atoms with Gasteiger partial charge in [-0.15, -0.1) is 0 Å². The zero-order valence-corrected chi connectivity index (χ0v) is 11.6. The Bertz CT molecular complexity index is 651. The molecule has 3 rings (SSSR count). The summed E-state index contributed by atoms with van der Waals surface area (Å²) in [6, 6.07) is 8.72. The molecule has 0 aliphatic carbocycles. The lowest BCUT2D eigenvalue weighted by atomic mass is 9.97. The van der Waals surface area contributed by atoms with E-state index < -0.39 is 0 Å². The van der Waals surface area contributed by atoms with Crippen LogP contribution in [0.4, 0.5) is 4.39 Å². The molecule has 1 aliphatic heterocycles. The van der Waals surface area contributed by atoms with Gasteiger partial charge in [0.1, 0.15) is 17.7 Å². The minimum atomic E-state index is -0.231. The molecule has 2 aromatic rings. The van der Waals surface area contributed by atoms with Crippen LogP contribution in [0, 0.1) is 12.7 Å². The second-order valence-corrected chi connectivity index (χ2v) is 5.47. The predicted molar refractivity (Wildman–Crippen MR) is 75.4 cm³/mol. The quantitative estimate of drug-likeness (QED) is 0.728. The van der Waals surface area contributed by atoms with Crippen molar-refractivity contribution >= 4 is 11.6 Å². The normalized spacial score (nSPS) is 17.2. The zero-order chi connectivity index (χ0) is 13.6. The van der Waals surface area contributed by atoms with Crippen LogP contribution in [0.5, 0.6) is 5.75 Å². The largest absolute Gasteiger partial charge is 0.489 e. The van der Waals surface area contributed by atoms with E-state index in [1.807, 2.05) is 32.0 Å². The maximum atomic E-state index is 13.8. The molecule has 1 heterocycles. The van der Waals surface area contributed by atoms with Gasteiger partial charge in [-0.3, -0.25) is 0 Å². The molecule has 0 unspecified atom stereocenters. The molecular weight excluding hydrogens is 263 g/mol. The maximum absolute atomic E-state index is 13.8. The molecule has 0 saturated carbocycles. The van der Waals surface area contributed by atoms with Crippen LogP contribution in [0.2, 0.25) is 5.02 Å². The van der Waals surface area contributed by atoms with Crippen molar-refractivity contribution in [2.45, 2.75) is 26.4 Å². The molecule has 1 atom stereocenters. The first-order valence-electron chi connectivity index (χ1n) is 6.30. The minimum Gasteiger partial charge on any atom is -0.489 e. The number of hydrogen-bond acceptors (Lipinski definition) is 1. The Morgan fingerprint density at radius 1 is 1.21 bits per heavy atom. The predicted octanol–water partition coefficient (Wildman–Crippen LogP) is 4.78. The molecule has 0 bridgehead atoms. The van der Waals surface area contributed by atoms with Crippen molar-refractivity contribution < 1.29 is 9.13 Å². The molecule has 0 radical (unpaired) electrons. The van der Waals surface area contributed by atoms with Gasteiger partial charge in [-0.1, -0.05) is 17.7 Å². The van der Waals surface area contributed by atoms with E-state index in [2.05, 4.69) is 0 Å². The first-order valence-corrected chi connectivity index (χ1v) is 6.68. The number of rotatable bonds is 1. The van der Waals surface area contributed by atoms with E-state index >= 15 is 0 Å². The van der Waals surface area contributed by atoms with Gasteiger partial charge in [-0.25, -0.2) is 4.39 Å². The molecule has 1 aliphatic rings. The van der Waals surface area contributed by atoms with Crippen LogP contribution in [0.1, 0.15) is 18.1 Å². The molecule has 19 heavy (non-hydrogen) atoms. The summed E-state index contributed by atoms with van der Waals surface area (Å²) in [6.45, 7) is 3.98. The van der Waals surface area contributed by atoms with E-state index in [-0.39, 0.29) is 11.9 Å². The molecule has 0 spiro atoms. The third-order valence-electron chi connectivity index (χ3n) is 3.45. The number of benzene rings is 2. The molecule has 0 saturated heterocycles. The van der Waals surface area contributed by atoms with E-state index in [1.165, 1.54) is 6.07 Å². The second kappa shape index (κ2) is 4.53. The lowest BCUT2D eigenvalue weighted by Crippen LogP contribution is -2.05. The van der Waals surface area contributed by atoms with Gasteiger partial charge in [0, 0.05) is 22.6 Å². The van der Waals surface area contributed by atoms with Gasteiger partial charge in [-0.05, 0) is 49.2 Å². The van der Waals surface area contributed by atoms with Crippen LogP contribution >= 0.6 is 11.6 Å². The van der Waals surface area contributed by atoms with Crippen molar-refractivity contribution in [2.75, 3.05) is 0 Å². The third kappa shape index (κ3) is 2.21. The Morgan fingerprint density at radius 3 is 2.79 bits per heavy atom. The van der Waals surface area contributed by atoms with Crippen molar-refractivity contribution in [3.63, 3.8) is 0 Å². The monoisotopic (exact) mass is 276 g/mol. The van der Waals surface area contributed by atoms with E-state index in [0.717, 1.165) is 34.4 Å². The first kappa shape index (κ1) is 12.5. The number of aryl methyl sites for hydroxylation is 1. The Morgan fingerprint density at radius 2 is 2.00 bits per heavy atom. The summed E-state index contributed by atoms with van der Waals surface area (Å²) in [5.41, 5.74) is 3.71. The standard InChI is InChI=1S/C16H14ClFO/c1-9-3-4-12(17)7-14(9)15-8-13(18)6-11-5-10(2)19-16(11)15/h3-4,6-8,10H,5H2,1-2H3/t10-/m1/s1. The number of halogens is 2. The average Bonchev–Trinajstić information content (AvgIpc) is 2.71. The summed E-state index contributed by atoms with van der Waals surface area (Å²) in [4.78, 5) is 0. The maximum Gasteiger partial charge on any atom is 0.131 e. The Kier molecular flexibility index (Phi) is 2.98. The Balaban J connectivity index is 2.23. The third-order valence-corrected chi connectivity index (χ3v) is 3.68. The van der Waals surface area contributed by atoms with Crippen molar-refractivity contribution in [3.8, 4) is 16.9 Å². The highest BCUT2D eigenvalue weighted by atomic mass is 35.5. The lowest BCUT2D eigenvalue weighted by molar-refractivity contribution is 0.255. The van der Waals surface area contributed by atoms with Crippen molar-refractivity contribution in [1.82, 2.24) is 0 Å². The topological polar surface area (TPSA) is 9.23 Å². The van der Waals surface area contributed by atoms with Gasteiger partial charge >= 0.3 is 0 Å². The molecule has 1 nitrogen and oxygen atoms in total. The molecular formula is C16H14ClFO. The fraction of sp³-hybridized carbons (Fsp3) is 0.250. The van der Waals surface area contributed by atoms with E-state index in [4.69, 9.17) is 16.3 Å². The van der Waals surface area contributed by atoms with Crippen molar-refractivity contribution in [2.24, 2.45) is 0 Å². The van der Waals surface area contributed by atoms with E-state index in [9.17, 15) is 4.39 Å². The molecule has 3 heteroatoms. The number of hydrogen-bond donors (Lipinski definition) is 0. The van der Waals surface area contributed by atoms with Crippen LogP contribution in [0.15, 0.2) is 30.3 Å². The minimum absolute atomic E-state index is 0.0926. The molecule has 2 aromatic carbocycles. The molecule has 0 aromatic heterocycles. The smallest absolute Gasteiger partial charge is 0.131 e. The second-order valence-electron chi connectivity index (χ2n) is 5.03. The summed E-state index contributed by atoms with van der Waals surface area (Å²) < 4.78 is 19.6. The van der Waals surface area contributed by atoms with Gasteiger partial charge in [0.05, 0.1) is 0 Å². The number of fused-ring (bicyclic) bond motifs is 1. The fourth-order valence-electron chi connectivity index (χ4n) is 2.58. The fourth-order valence-corrected chi connectivity index (χ4v) is 2.75. The summed E-state index contributed by atoms with van der Waals surface area (Å²) in [5, 5.41) is 0.643. The van der Waals surface area contributed by atoms with Crippen LogP contribution < -0.4 is 4.74 Å². The van der Waals surface area contributed by atoms with Gasteiger partial charge in [0.2, 0.25) is 0 Å². The summed E-state index contributed by atoms with van der Waals surface area (Å²) in [5.74, 6) is 0.560. The Labute approximate surface area is 117 Å². The van der Waals surface area contributed by atoms with Crippen molar-refractivity contribution in [1.29, 1.82) is 0 Å². The SMILES string of the molecule is Cc1ccc(Cl)cc1-c1cc(F)cc2c1O[C@H](C)C2. The van der Waals surface area contributed by atoms with Crippen LogP contribution in [0.25, 0.3) is 11.1 Å². The zero-order valence-electron chi connectivity index (χ0n) is 10.8. The molecule has 0 N–H and O–H groups in total. The average molecular weight is 277 g/mol. The summed E-state index contributed by atoms with van der Waals surface area (Å²) in [7, 11) is 0. The first-order chi connectivity index (χ1) is 9.04. The van der Waals surface area contributed by atoms with E-state index in [0.29, 0.717) is 5.02 Å². The van der Waals surface area contributed by atoms with Crippen LogP contribution in [-0.2, 0) is 6.42 Å². The Hall–Kier alpha value is -1.54.